The summed E-state index contributed by atoms with van der Waals surface area (Å²) in [5, 5.41) is 3.57. The fourth-order valence-corrected chi connectivity index (χ4v) is 6.39. The second-order valence-corrected chi connectivity index (χ2v) is 12.5. The Morgan fingerprint density at radius 1 is 0.884 bits per heavy atom. The molecule has 0 spiro atoms. The van der Waals surface area contributed by atoms with Crippen molar-refractivity contribution in [2.75, 3.05) is 25.1 Å². The van der Waals surface area contributed by atoms with Crippen molar-refractivity contribution < 1.29 is 27.5 Å². The van der Waals surface area contributed by atoms with Gasteiger partial charge in [-0.2, -0.15) is 0 Å². The molecule has 2 atom stereocenters. The van der Waals surface area contributed by atoms with Gasteiger partial charge < -0.3 is 19.7 Å². The molecule has 0 heterocycles. The number of anilines is 1. The van der Waals surface area contributed by atoms with E-state index in [0.29, 0.717) is 27.8 Å². The van der Waals surface area contributed by atoms with Gasteiger partial charge in [0.15, 0.2) is 11.5 Å². The maximum Gasteiger partial charge on any atom is 0.264 e. The van der Waals surface area contributed by atoms with Gasteiger partial charge in [0.2, 0.25) is 11.8 Å². The lowest BCUT2D eigenvalue weighted by Crippen LogP contribution is -2.53. The summed E-state index contributed by atoms with van der Waals surface area (Å²) in [6, 6.07) is 16.2. The third kappa shape index (κ3) is 8.13. The van der Waals surface area contributed by atoms with Crippen molar-refractivity contribution in [2.24, 2.45) is 0 Å². The molecule has 9 nitrogen and oxygen atoms in total. The third-order valence-corrected chi connectivity index (χ3v) is 9.54. The lowest BCUT2D eigenvalue weighted by atomic mass is 10.1. The number of carbonyl (C=O) groups excluding carboxylic acids is 2. The highest BCUT2D eigenvalue weighted by Gasteiger charge is 2.35. The van der Waals surface area contributed by atoms with Crippen LogP contribution in [0.2, 0.25) is 10.0 Å². The molecule has 0 fully saturated rings. The van der Waals surface area contributed by atoms with Crippen LogP contribution in [0.3, 0.4) is 0 Å². The summed E-state index contributed by atoms with van der Waals surface area (Å²) in [5.41, 5.74) is 0.611. The van der Waals surface area contributed by atoms with Crippen molar-refractivity contribution in [1.82, 2.24) is 10.2 Å². The molecular formula is C31H37Cl2N3O6S. The van der Waals surface area contributed by atoms with Crippen LogP contribution in [-0.2, 0) is 26.2 Å². The van der Waals surface area contributed by atoms with Crippen molar-refractivity contribution in [2.45, 2.75) is 57.1 Å². The van der Waals surface area contributed by atoms with Crippen LogP contribution < -0.4 is 19.1 Å². The fraction of sp³-hybridized carbons (Fsp3) is 0.355. The lowest BCUT2D eigenvalue weighted by molar-refractivity contribution is -0.140. The Hall–Kier alpha value is -3.47. The molecule has 0 bridgehead atoms. The topological polar surface area (TPSA) is 105 Å². The molecule has 0 radical (unpaired) electrons. The maximum absolute atomic E-state index is 14.3. The van der Waals surface area contributed by atoms with Crippen molar-refractivity contribution in [3.63, 3.8) is 0 Å². The molecule has 0 aliphatic rings. The van der Waals surface area contributed by atoms with Gasteiger partial charge in [-0.1, -0.05) is 61.3 Å². The number of carbonyl (C=O) groups is 2. The van der Waals surface area contributed by atoms with Crippen molar-refractivity contribution in [1.29, 1.82) is 0 Å². The molecule has 0 saturated heterocycles. The van der Waals surface area contributed by atoms with E-state index in [2.05, 4.69) is 5.32 Å². The Morgan fingerprint density at radius 2 is 1.51 bits per heavy atom. The first-order chi connectivity index (χ1) is 20.5. The van der Waals surface area contributed by atoms with Gasteiger partial charge in [0.1, 0.15) is 12.6 Å². The number of rotatable bonds is 14. The number of amides is 2. The number of nitrogens with zero attached hydrogens (tertiary/aromatic N) is 2. The van der Waals surface area contributed by atoms with Gasteiger partial charge in [-0.25, -0.2) is 8.42 Å². The van der Waals surface area contributed by atoms with Crippen LogP contribution in [-0.4, -0.2) is 58.0 Å². The molecule has 2 amide bonds. The fourth-order valence-electron chi connectivity index (χ4n) is 4.44. The summed E-state index contributed by atoms with van der Waals surface area (Å²) in [6.45, 7) is 4.85. The van der Waals surface area contributed by atoms with E-state index in [1.165, 1.54) is 43.4 Å². The highest BCUT2D eigenvalue weighted by Crippen LogP contribution is 2.34. The molecule has 3 aromatic rings. The first-order valence-corrected chi connectivity index (χ1v) is 16.0. The number of methoxy groups -OCH3 is 2. The van der Waals surface area contributed by atoms with Crippen LogP contribution >= 0.6 is 23.2 Å². The van der Waals surface area contributed by atoms with Gasteiger partial charge in [-0.05, 0) is 56.2 Å². The minimum atomic E-state index is -4.26. The normalized spacial score (nSPS) is 12.6. The number of benzene rings is 3. The zero-order valence-electron chi connectivity index (χ0n) is 24.8. The predicted octanol–water partition coefficient (Wildman–Crippen LogP) is 5.93. The predicted molar refractivity (Wildman–Crippen MR) is 170 cm³/mol. The molecule has 3 aromatic carbocycles. The van der Waals surface area contributed by atoms with E-state index in [1.54, 1.807) is 49.4 Å². The van der Waals surface area contributed by atoms with Crippen LogP contribution in [0.15, 0.2) is 71.6 Å². The zero-order valence-corrected chi connectivity index (χ0v) is 27.2. The summed E-state index contributed by atoms with van der Waals surface area (Å²) in [5.74, 6) is -0.328. The van der Waals surface area contributed by atoms with Gasteiger partial charge >= 0.3 is 0 Å². The average Bonchev–Trinajstić information content (AvgIpc) is 3.00. The largest absolute Gasteiger partial charge is 0.493 e. The van der Waals surface area contributed by atoms with Gasteiger partial charge in [-0.3, -0.25) is 13.9 Å². The van der Waals surface area contributed by atoms with Crippen LogP contribution in [0, 0.1) is 0 Å². The van der Waals surface area contributed by atoms with Crippen LogP contribution in [0.5, 0.6) is 11.5 Å². The SMILES string of the molecule is CC[C@H](C)NC(=O)[C@H](CC)N(Cc1c(Cl)cccc1Cl)C(=O)CN(c1ccc(OC)c(OC)c1)S(=O)(=O)c1ccccc1. The number of hydrogen-bond acceptors (Lipinski definition) is 6. The molecule has 0 aliphatic heterocycles. The summed E-state index contributed by atoms with van der Waals surface area (Å²) in [6.07, 6.45) is 0.951. The van der Waals surface area contributed by atoms with Crippen molar-refractivity contribution in [3.05, 3.63) is 82.3 Å². The van der Waals surface area contributed by atoms with E-state index in [4.69, 9.17) is 32.7 Å². The molecule has 43 heavy (non-hydrogen) atoms. The molecule has 12 heteroatoms. The Bertz CT molecular complexity index is 1500. The molecule has 1 N–H and O–H groups in total. The molecule has 0 aliphatic carbocycles. The summed E-state index contributed by atoms with van der Waals surface area (Å²) in [7, 11) is -1.36. The third-order valence-electron chi connectivity index (χ3n) is 7.04. The number of nitrogens with one attached hydrogen (secondary N) is 1. The van der Waals surface area contributed by atoms with Crippen LogP contribution in [0.25, 0.3) is 0 Å². The Kier molecular flexibility index (Phi) is 12.1. The van der Waals surface area contributed by atoms with E-state index < -0.39 is 28.5 Å². The number of halogens is 2. The highest BCUT2D eigenvalue weighted by molar-refractivity contribution is 7.92. The monoisotopic (exact) mass is 649 g/mol. The lowest BCUT2D eigenvalue weighted by Gasteiger charge is -2.34. The van der Waals surface area contributed by atoms with Crippen molar-refractivity contribution >= 4 is 50.7 Å². The quantitative estimate of drug-likeness (QED) is 0.232. The second-order valence-electron chi connectivity index (χ2n) is 9.83. The van der Waals surface area contributed by atoms with E-state index in [-0.39, 0.29) is 41.2 Å². The highest BCUT2D eigenvalue weighted by atomic mass is 35.5. The minimum Gasteiger partial charge on any atom is -0.493 e. The molecule has 0 saturated carbocycles. The summed E-state index contributed by atoms with van der Waals surface area (Å²) in [4.78, 5) is 29.0. The van der Waals surface area contributed by atoms with Crippen LogP contribution in [0.4, 0.5) is 5.69 Å². The van der Waals surface area contributed by atoms with E-state index >= 15 is 0 Å². The molecule has 232 valence electrons. The first kappa shape index (κ1) is 34.0. The summed E-state index contributed by atoms with van der Waals surface area (Å²) >= 11 is 12.9. The van der Waals surface area contributed by atoms with Crippen LogP contribution in [0.1, 0.15) is 39.2 Å². The average molecular weight is 651 g/mol. The molecule has 0 unspecified atom stereocenters. The Labute approximate surface area is 263 Å². The maximum atomic E-state index is 14.3. The van der Waals surface area contributed by atoms with Crippen molar-refractivity contribution in [3.8, 4) is 11.5 Å². The molecular weight excluding hydrogens is 613 g/mol. The minimum absolute atomic E-state index is 0.0140. The zero-order chi connectivity index (χ0) is 31.7. The van der Waals surface area contributed by atoms with Gasteiger partial charge in [0.25, 0.3) is 10.0 Å². The van der Waals surface area contributed by atoms with E-state index in [9.17, 15) is 18.0 Å². The molecule has 3 rings (SSSR count). The number of sulfonamides is 1. The first-order valence-electron chi connectivity index (χ1n) is 13.8. The molecule has 0 aromatic heterocycles. The number of ether oxygens (including phenoxy) is 2. The summed E-state index contributed by atoms with van der Waals surface area (Å²) < 4.78 is 39.8. The van der Waals surface area contributed by atoms with Gasteiger partial charge in [-0.15, -0.1) is 0 Å². The van der Waals surface area contributed by atoms with E-state index in [1.807, 2.05) is 13.8 Å². The standard InChI is InChI=1S/C31H37Cl2N3O6S/c1-6-21(3)34-31(38)27(7-2)35(19-24-25(32)14-11-15-26(24)33)30(37)20-36(43(39,40)23-12-9-8-10-13-23)22-16-17-28(41-4)29(18-22)42-5/h8-18,21,27H,6-7,19-20H2,1-5H3,(H,34,38)/t21-,27-/m0/s1. The Balaban J connectivity index is 2.14. The number of hydrogen-bond donors (Lipinski definition) is 1. The van der Waals surface area contributed by atoms with Gasteiger partial charge in [0.05, 0.1) is 24.8 Å². The Morgan fingerprint density at radius 3 is 2.07 bits per heavy atom. The van der Waals surface area contributed by atoms with Gasteiger partial charge in [0, 0.05) is 34.3 Å². The van der Waals surface area contributed by atoms with E-state index in [0.717, 1.165) is 4.31 Å². The second kappa shape index (κ2) is 15.3. The smallest absolute Gasteiger partial charge is 0.264 e.